The smallest absolute Gasteiger partial charge is 0.346 e. The zero-order valence-electron chi connectivity index (χ0n) is 14.3. The number of rotatable bonds is 4. The Morgan fingerprint density at radius 3 is 2.24 bits per heavy atom. The molecule has 1 N–H and O–H groups in total. The molecule has 0 atom stereocenters. The Hall–Kier alpha value is -3.44. The minimum absolute atomic E-state index is 0.0454. The average molecular weight is 415 g/mol. The van der Waals surface area contributed by atoms with E-state index in [9.17, 15) is 31.1 Å². The lowest BCUT2D eigenvalue weighted by atomic mass is 10.0. The summed E-state index contributed by atoms with van der Waals surface area (Å²) in [6.07, 6.45) is -5.60. The fraction of sp³-hybridized carbons (Fsp3) is 0.176. The van der Waals surface area contributed by atoms with E-state index in [2.05, 4.69) is 20.6 Å². The van der Waals surface area contributed by atoms with Crippen molar-refractivity contribution < 1.29 is 31.1 Å². The van der Waals surface area contributed by atoms with Crippen LogP contribution in [0.3, 0.4) is 0 Å². The number of alkyl halides is 6. The molecule has 0 aliphatic carbocycles. The number of nitrogens with one attached hydrogen (secondary N) is 1. The van der Waals surface area contributed by atoms with Crippen molar-refractivity contribution in [1.29, 1.82) is 0 Å². The zero-order chi connectivity index (χ0) is 21.2. The third-order valence-corrected chi connectivity index (χ3v) is 3.73. The molecule has 0 bridgehead atoms. The van der Waals surface area contributed by atoms with Gasteiger partial charge in [0.1, 0.15) is 5.69 Å². The second kappa shape index (κ2) is 7.53. The lowest BCUT2D eigenvalue weighted by molar-refractivity contribution is -0.143. The van der Waals surface area contributed by atoms with Crippen molar-refractivity contribution in [3.8, 4) is 5.69 Å². The molecule has 0 unspecified atom stereocenters. The van der Waals surface area contributed by atoms with E-state index < -0.39 is 35.0 Å². The molecule has 0 aliphatic heterocycles. The highest BCUT2D eigenvalue weighted by Crippen LogP contribution is 2.36. The fourth-order valence-electron chi connectivity index (χ4n) is 2.35. The highest BCUT2D eigenvalue weighted by atomic mass is 19.4. The van der Waals surface area contributed by atoms with Crippen molar-refractivity contribution in [1.82, 2.24) is 25.3 Å². The molecule has 1 aromatic carbocycles. The Balaban J connectivity index is 1.78. The number of benzene rings is 1. The minimum Gasteiger partial charge on any atom is -0.346 e. The number of hydrogen-bond acceptors (Lipinski definition) is 4. The molecular formula is C17H11F6N5O. The maximum absolute atomic E-state index is 12.9. The van der Waals surface area contributed by atoms with Crippen molar-refractivity contribution in [3.63, 3.8) is 0 Å². The van der Waals surface area contributed by atoms with Gasteiger partial charge in [0.05, 0.1) is 35.8 Å². The van der Waals surface area contributed by atoms with Crippen LogP contribution in [0.5, 0.6) is 0 Å². The Labute approximate surface area is 159 Å². The largest absolute Gasteiger partial charge is 0.416 e. The molecule has 1 amide bonds. The molecule has 0 saturated carbocycles. The van der Waals surface area contributed by atoms with Gasteiger partial charge in [-0.05, 0) is 30.3 Å². The standard InChI is InChI=1S/C17H11F6N5O/c18-16(19,20)11-4-10(5-12(6-11)17(21,22)23)15(29)25-7-13-9-28(27-26-13)14-2-1-3-24-8-14/h1-6,8-9H,7H2,(H,25,29). The Bertz CT molecular complexity index is 981. The van der Waals surface area contributed by atoms with Crippen LogP contribution in [0.2, 0.25) is 0 Å². The van der Waals surface area contributed by atoms with E-state index in [1.165, 1.54) is 17.1 Å². The first-order valence-corrected chi connectivity index (χ1v) is 7.93. The summed E-state index contributed by atoms with van der Waals surface area (Å²) in [5.74, 6) is -1.11. The maximum atomic E-state index is 12.9. The SMILES string of the molecule is O=C(NCc1cn(-c2cccnc2)nn1)c1cc(C(F)(F)F)cc(C(F)(F)F)c1. The Kier molecular flexibility index (Phi) is 5.27. The van der Waals surface area contributed by atoms with Gasteiger partial charge in [-0.15, -0.1) is 5.10 Å². The lowest BCUT2D eigenvalue weighted by Crippen LogP contribution is -2.24. The molecule has 0 aliphatic rings. The van der Waals surface area contributed by atoms with Crippen LogP contribution in [0, 0.1) is 0 Å². The molecular weight excluding hydrogens is 404 g/mol. The summed E-state index contributed by atoms with van der Waals surface area (Å²) < 4.78 is 78.7. The van der Waals surface area contributed by atoms with Gasteiger partial charge >= 0.3 is 12.4 Å². The summed E-state index contributed by atoms with van der Waals surface area (Å²) in [5.41, 5.74) is -3.10. The van der Waals surface area contributed by atoms with Crippen LogP contribution >= 0.6 is 0 Å². The minimum atomic E-state index is -5.04. The quantitative estimate of drug-likeness (QED) is 0.661. The van der Waals surface area contributed by atoms with E-state index in [4.69, 9.17) is 0 Å². The van der Waals surface area contributed by atoms with Crippen LogP contribution in [-0.4, -0.2) is 25.9 Å². The van der Waals surface area contributed by atoms with E-state index in [1.54, 1.807) is 18.3 Å². The van der Waals surface area contributed by atoms with Crippen LogP contribution in [0.1, 0.15) is 27.2 Å². The van der Waals surface area contributed by atoms with Gasteiger partial charge in [0.2, 0.25) is 0 Å². The van der Waals surface area contributed by atoms with Gasteiger partial charge in [-0.3, -0.25) is 9.78 Å². The number of carbonyl (C=O) groups excluding carboxylic acids is 1. The summed E-state index contributed by atoms with van der Waals surface area (Å²) in [7, 11) is 0. The number of halogens is 6. The third-order valence-electron chi connectivity index (χ3n) is 3.73. The molecule has 6 nitrogen and oxygen atoms in total. The van der Waals surface area contributed by atoms with E-state index in [0.29, 0.717) is 17.8 Å². The molecule has 152 valence electrons. The van der Waals surface area contributed by atoms with Crippen molar-refractivity contribution in [2.24, 2.45) is 0 Å². The van der Waals surface area contributed by atoms with Crippen molar-refractivity contribution in [2.45, 2.75) is 18.9 Å². The second-order valence-corrected chi connectivity index (χ2v) is 5.84. The number of carbonyl (C=O) groups is 1. The fourth-order valence-corrected chi connectivity index (χ4v) is 2.35. The van der Waals surface area contributed by atoms with E-state index in [-0.39, 0.29) is 18.3 Å². The van der Waals surface area contributed by atoms with Crippen LogP contribution in [0.4, 0.5) is 26.3 Å². The Morgan fingerprint density at radius 1 is 1.03 bits per heavy atom. The molecule has 2 heterocycles. The average Bonchev–Trinajstić information content (AvgIpc) is 3.14. The van der Waals surface area contributed by atoms with Crippen LogP contribution in [0.25, 0.3) is 5.69 Å². The normalized spacial score (nSPS) is 12.1. The summed E-state index contributed by atoms with van der Waals surface area (Å²) in [5, 5.41) is 9.82. The summed E-state index contributed by atoms with van der Waals surface area (Å²) in [4.78, 5) is 16.0. The van der Waals surface area contributed by atoms with Gasteiger partial charge in [-0.2, -0.15) is 26.3 Å². The number of aromatic nitrogens is 4. The number of amides is 1. The van der Waals surface area contributed by atoms with Gasteiger partial charge in [-0.25, -0.2) is 4.68 Å². The summed E-state index contributed by atoms with van der Waals surface area (Å²) in [6.45, 7) is -0.253. The van der Waals surface area contributed by atoms with Gasteiger partial charge in [0.15, 0.2) is 0 Å². The van der Waals surface area contributed by atoms with Crippen molar-refractivity contribution >= 4 is 5.91 Å². The third kappa shape index (κ3) is 4.89. The van der Waals surface area contributed by atoms with Crippen LogP contribution < -0.4 is 5.32 Å². The van der Waals surface area contributed by atoms with Gasteiger partial charge in [-0.1, -0.05) is 5.21 Å². The van der Waals surface area contributed by atoms with E-state index >= 15 is 0 Å². The molecule has 3 rings (SSSR count). The molecule has 29 heavy (non-hydrogen) atoms. The molecule has 0 saturated heterocycles. The van der Waals surface area contributed by atoms with Gasteiger partial charge in [0, 0.05) is 11.8 Å². The summed E-state index contributed by atoms with van der Waals surface area (Å²) in [6, 6.07) is 4.01. The first kappa shape index (κ1) is 20.3. The van der Waals surface area contributed by atoms with E-state index in [1.807, 2.05) is 0 Å². The number of nitrogens with zero attached hydrogens (tertiary/aromatic N) is 4. The molecule has 12 heteroatoms. The summed E-state index contributed by atoms with van der Waals surface area (Å²) >= 11 is 0. The first-order valence-electron chi connectivity index (χ1n) is 7.93. The predicted octanol–water partition coefficient (Wildman–Crippen LogP) is 3.63. The maximum Gasteiger partial charge on any atom is 0.416 e. The molecule has 0 radical (unpaired) electrons. The number of hydrogen-bond donors (Lipinski definition) is 1. The highest BCUT2D eigenvalue weighted by Gasteiger charge is 2.37. The number of pyridine rings is 1. The highest BCUT2D eigenvalue weighted by molar-refractivity contribution is 5.94. The van der Waals surface area contributed by atoms with Gasteiger partial charge in [0.25, 0.3) is 5.91 Å². The van der Waals surface area contributed by atoms with Gasteiger partial charge < -0.3 is 5.32 Å². The Morgan fingerprint density at radius 2 is 1.69 bits per heavy atom. The molecule has 3 aromatic rings. The zero-order valence-corrected chi connectivity index (χ0v) is 14.3. The lowest BCUT2D eigenvalue weighted by Gasteiger charge is -2.14. The van der Waals surface area contributed by atoms with E-state index in [0.717, 1.165) is 0 Å². The molecule has 0 spiro atoms. The van der Waals surface area contributed by atoms with Crippen molar-refractivity contribution in [3.05, 3.63) is 71.3 Å². The van der Waals surface area contributed by atoms with Crippen LogP contribution in [-0.2, 0) is 18.9 Å². The predicted molar refractivity (Wildman–Crippen MR) is 86.8 cm³/mol. The molecule has 2 aromatic heterocycles. The first-order chi connectivity index (χ1) is 13.5. The monoisotopic (exact) mass is 415 g/mol. The topological polar surface area (TPSA) is 72.7 Å². The molecule has 0 fully saturated rings. The van der Waals surface area contributed by atoms with Crippen LogP contribution in [0.15, 0.2) is 48.9 Å². The second-order valence-electron chi connectivity index (χ2n) is 5.84. The van der Waals surface area contributed by atoms with Crippen molar-refractivity contribution in [2.75, 3.05) is 0 Å².